The maximum atomic E-state index is 12.5. The molecule has 3 rings (SSSR count). The largest absolute Gasteiger partial charge is 0.495 e. The highest BCUT2D eigenvalue weighted by Gasteiger charge is 2.12. The molecule has 6 heteroatoms. The summed E-state index contributed by atoms with van der Waals surface area (Å²) < 4.78 is 5.30. The number of nitrogens with zero attached hydrogens (tertiary/aromatic N) is 2. The number of anilines is 3. The number of aromatic nitrogens is 2. The molecule has 0 saturated carbocycles. The topological polar surface area (TPSA) is 76.1 Å². The fourth-order valence-electron chi connectivity index (χ4n) is 2.96. The Balaban J connectivity index is 1.74. The minimum Gasteiger partial charge on any atom is -0.495 e. The average Bonchev–Trinajstić information content (AvgIpc) is 2.65. The van der Waals surface area contributed by atoms with Crippen molar-refractivity contribution >= 4 is 23.1 Å². The third-order valence-electron chi connectivity index (χ3n) is 4.18. The van der Waals surface area contributed by atoms with Crippen LogP contribution in [0.5, 0.6) is 5.75 Å². The lowest BCUT2D eigenvalue weighted by Crippen LogP contribution is -2.16. The molecule has 2 N–H and O–H groups in total. The Morgan fingerprint density at radius 1 is 0.963 bits per heavy atom. The van der Waals surface area contributed by atoms with Gasteiger partial charge in [-0.2, -0.15) is 0 Å². The second kappa shape index (κ2) is 7.86. The molecule has 2 aromatic carbocycles. The molecular weight excluding hydrogens is 340 g/mol. The van der Waals surface area contributed by atoms with Crippen molar-refractivity contribution in [2.45, 2.75) is 20.8 Å². The molecule has 0 saturated heterocycles. The number of para-hydroxylation sites is 2. The van der Waals surface area contributed by atoms with Gasteiger partial charge in [0.05, 0.1) is 12.8 Å². The zero-order chi connectivity index (χ0) is 19.4. The molecule has 1 aromatic heterocycles. The van der Waals surface area contributed by atoms with E-state index in [1.165, 1.54) is 0 Å². The molecule has 27 heavy (non-hydrogen) atoms. The number of benzene rings is 2. The SMILES string of the molecule is COc1ccccc1Nc1ccc(C(=O)Nc2c(C)cc(C)cc2C)nn1. The molecule has 0 spiro atoms. The average molecular weight is 362 g/mol. The number of amides is 1. The van der Waals surface area contributed by atoms with Gasteiger partial charge in [0, 0.05) is 5.69 Å². The smallest absolute Gasteiger partial charge is 0.276 e. The first-order valence-electron chi connectivity index (χ1n) is 8.61. The molecule has 0 aliphatic heterocycles. The molecular formula is C21H22N4O2. The summed E-state index contributed by atoms with van der Waals surface area (Å²) in [4.78, 5) is 12.5. The zero-order valence-electron chi connectivity index (χ0n) is 15.8. The first-order chi connectivity index (χ1) is 13.0. The third-order valence-corrected chi connectivity index (χ3v) is 4.18. The number of hydrogen-bond donors (Lipinski definition) is 2. The van der Waals surface area contributed by atoms with E-state index in [2.05, 4.69) is 20.8 Å². The minimum atomic E-state index is -0.290. The predicted molar refractivity (Wildman–Crippen MR) is 107 cm³/mol. The van der Waals surface area contributed by atoms with Gasteiger partial charge >= 0.3 is 0 Å². The lowest BCUT2D eigenvalue weighted by atomic mass is 10.1. The summed E-state index contributed by atoms with van der Waals surface area (Å²) in [6.45, 7) is 5.98. The van der Waals surface area contributed by atoms with Gasteiger partial charge in [0.2, 0.25) is 0 Å². The Morgan fingerprint density at radius 3 is 2.30 bits per heavy atom. The third kappa shape index (κ3) is 4.23. The highest BCUT2D eigenvalue weighted by atomic mass is 16.5. The van der Waals surface area contributed by atoms with E-state index in [-0.39, 0.29) is 11.6 Å². The molecule has 6 nitrogen and oxygen atoms in total. The van der Waals surface area contributed by atoms with Crippen molar-refractivity contribution in [1.82, 2.24) is 10.2 Å². The number of methoxy groups -OCH3 is 1. The normalized spacial score (nSPS) is 10.4. The van der Waals surface area contributed by atoms with E-state index in [9.17, 15) is 4.79 Å². The maximum Gasteiger partial charge on any atom is 0.276 e. The van der Waals surface area contributed by atoms with Crippen molar-refractivity contribution in [3.8, 4) is 5.75 Å². The summed E-state index contributed by atoms with van der Waals surface area (Å²) >= 11 is 0. The van der Waals surface area contributed by atoms with E-state index in [0.717, 1.165) is 28.1 Å². The molecule has 0 bridgehead atoms. The van der Waals surface area contributed by atoms with Gasteiger partial charge in [-0.1, -0.05) is 29.8 Å². The highest BCUT2D eigenvalue weighted by molar-refractivity contribution is 6.03. The zero-order valence-corrected chi connectivity index (χ0v) is 15.8. The monoisotopic (exact) mass is 362 g/mol. The highest BCUT2D eigenvalue weighted by Crippen LogP contribution is 2.26. The van der Waals surface area contributed by atoms with Crippen molar-refractivity contribution < 1.29 is 9.53 Å². The summed E-state index contributed by atoms with van der Waals surface area (Å²) in [5, 5.41) is 14.2. The number of rotatable bonds is 5. The van der Waals surface area contributed by atoms with Crippen LogP contribution < -0.4 is 15.4 Å². The van der Waals surface area contributed by atoms with Gasteiger partial charge in [-0.15, -0.1) is 10.2 Å². The summed E-state index contributed by atoms with van der Waals surface area (Å²) in [5.41, 5.74) is 5.03. The summed E-state index contributed by atoms with van der Waals surface area (Å²) in [6, 6.07) is 14.9. The lowest BCUT2D eigenvalue weighted by molar-refractivity contribution is 0.102. The van der Waals surface area contributed by atoms with Crippen molar-refractivity contribution in [2.75, 3.05) is 17.7 Å². The van der Waals surface area contributed by atoms with Crippen molar-refractivity contribution in [3.05, 3.63) is 70.9 Å². The second-order valence-corrected chi connectivity index (χ2v) is 6.36. The van der Waals surface area contributed by atoms with Gasteiger partial charge < -0.3 is 15.4 Å². The standard InChI is InChI=1S/C21H22N4O2/c1-13-11-14(2)20(15(3)12-13)23-21(26)17-9-10-19(25-24-17)22-16-7-5-6-8-18(16)27-4/h5-12H,1-4H3,(H,22,25)(H,23,26). The number of aryl methyl sites for hydroxylation is 3. The minimum absolute atomic E-state index is 0.250. The van der Waals surface area contributed by atoms with Gasteiger partial charge in [-0.05, 0) is 56.2 Å². The molecule has 0 fully saturated rings. The van der Waals surface area contributed by atoms with Crippen LogP contribution >= 0.6 is 0 Å². The van der Waals surface area contributed by atoms with Crippen LogP contribution in [0.4, 0.5) is 17.2 Å². The molecule has 138 valence electrons. The molecule has 1 heterocycles. The van der Waals surface area contributed by atoms with E-state index < -0.39 is 0 Å². The summed E-state index contributed by atoms with van der Waals surface area (Å²) in [5.74, 6) is 0.937. The molecule has 0 aliphatic carbocycles. The first kappa shape index (κ1) is 18.4. The summed E-state index contributed by atoms with van der Waals surface area (Å²) in [6.07, 6.45) is 0. The van der Waals surface area contributed by atoms with Crippen LogP contribution in [-0.4, -0.2) is 23.2 Å². The Kier molecular flexibility index (Phi) is 5.35. The number of nitrogens with one attached hydrogen (secondary N) is 2. The number of hydrogen-bond acceptors (Lipinski definition) is 5. The van der Waals surface area contributed by atoms with Crippen molar-refractivity contribution in [1.29, 1.82) is 0 Å². The van der Waals surface area contributed by atoms with Crippen LogP contribution in [0.15, 0.2) is 48.5 Å². The van der Waals surface area contributed by atoms with Gasteiger partial charge in [0.15, 0.2) is 11.5 Å². The van der Waals surface area contributed by atoms with E-state index in [4.69, 9.17) is 4.74 Å². The summed E-state index contributed by atoms with van der Waals surface area (Å²) in [7, 11) is 1.61. The van der Waals surface area contributed by atoms with E-state index >= 15 is 0 Å². The van der Waals surface area contributed by atoms with Crippen LogP contribution in [0.2, 0.25) is 0 Å². The second-order valence-electron chi connectivity index (χ2n) is 6.36. The van der Waals surface area contributed by atoms with E-state index in [0.29, 0.717) is 11.6 Å². The Bertz CT molecular complexity index is 945. The number of carbonyl (C=O) groups is 1. The fraction of sp³-hybridized carbons (Fsp3) is 0.190. The molecule has 3 aromatic rings. The molecule has 0 radical (unpaired) electrons. The van der Waals surface area contributed by atoms with Crippen molar-refractivity contribution in [2.24, 2.45) is 0 Å². The molecule has 0 atom stereocenters. The fourth-order valence-corrected chi connectivity index (χ4v) is 2.96. The van der Waals surface area contributed by atoms with Gasteiger partial charge in [0.1, 0.15) is 5.75 Å². The van der Waals surface area contributed by atoms with E-state index in [1.54, 1.807) is 19.2 Å². The number of ether oxygens (including phenoxy) is 1. The predicted octanol–water partition coefficient (Wildman–Crippen LogP) is 4.41. The Labute approximate surface area is 158 Å². The lowest BCUT2D eigenvalue weighted by Gasteiger charge is -2.13. The maximum absolute atomic E-state index is 12.5. The molecule has 0 unspecified atom stereocenters. The van der Waals surface area contributed by atoms with Crippen LogP contribution in [-0.2, 0) is 0 Å². The van der Waals surface area contributed by atoms with Crippen LogP contribution in [0.25, 0.3) is 0 Å². The molecule has 0 aliphatic rings. The quantitative estimate of drug-likeness (QED) is 0.703. The van der Waals surface area contributed by atoms with Gasteiger partial charge in [-0.3, -0.25) is 4.79 Å². The molecule has 1 amide bonds. The van der Waals surface area contributed by atoms with Gasteiger partial charge in [0.25, 0.3) is 5.91 Å². The Hall–Kier alpha value is -3.41. The number of carbonyl (C=O) groups excluding carboxylic acids is 1. The Morgan fingerprint density at radius 2 is 1.67 bits per heavy atom. The van der Waals surface area contributed by atoms with Crippen molar-refractivity contribution in [3.63, 3.8) is 0 Å². The van der Waals surface area contributed by atoms with Crippen LogP contribution in [0.3, 0.4) is 0 Å². The first-order valence-corrected chi connectivity index (χ1v) is 8.61. The van der Waals surface area contributed by atoms with Crippen LogP contribution in [0.1, 0.15) is 27.2 Å². The van der Waals surface area contributed by atoms with E-state index in [1.807, 2.05) is 57.2 Å². The van der Waals surface area contributed by atoms with Gasteiger partial charge in [-0.25, -0.2) is 0 Å². The van der Waals surface area contributed by atoms with Crippen LogP contribution in [0, 0.1) is 20.8 Å².